The number of alkyl halides is 3. The Morgan fingerprint density at radius 1 is 1.39 bits per heavy atom. The molecule has 0 fully saturated rings. The van der Waals surface area contributed by atoms with Gasteiger partial charge in [-0.1, -0.05) is 0 Å². The molecule has 0 saturated heterocycles. The van der Waals surface area contributed by atoms with E-state index in [4.69, 9.17) is 4.74 Å². The topological polar surface area (TPSA) is 50.3 Å². The highest BCUT2D eigenvalue weighted by molar-refractivity contribution is 5.48. The van der Waals surface area contributed by atoms with Gasteiger partial charge in [-0.05, 0) is 0 Å². The number of methoxy groups -OCH3 is 1. The van der Waals surface area contributed by atoms with Crippen molar-refractivity contribution in [1.29, 1.82) is 0 Å². The fourth-order valence-electron chi connectivity index (χ4n) is 1.23. The molecule has 0 atom stereocenters. The molecule has 0 aliphatic rings. The first-order chi connectivity index (χ1) is 8.38. The minimum absolute atomic E-state index is 0.122. The van der Waals surface area contributed by atoms with Gasteiger partial charge in [-0.3, -0.25) is 0 Å². The Bertz CT molecular complexity index is 397. The van der Waals surface area contributed by atoms with E-state index in [0.29, 0.717) is 13.2 Å². The van der Waals surface area contributed by atoms with Crippen molar-refractivity contribution in [3.05, 3.63) is 11.9 Å². The average molecular weight is 264 g/mol. The Kier molecular flexibility index (Phi) is 4.71. The van der Waals surface area contributed by atoms with Gasteiger partial charge in [-0.2, -0.15) is 13.2 Å². The summed E-state index contributed by atoms with van der Waals surface area (Å²) >= 11 is 0. The average Bonchev–Trinajstić information content (AvgIpc) is 2.34. The lowest BCUT2D eigenvalue weighted by Crippen LogP contribution is -2.25. The van der Waals surface area contributed by atoms with Gasteiger partial charge >= 0.3 is 6.18 Å². The molecule has 5 nitrogen and oxygen atoms in total. The first-order valence-electron chi connectivity index (χ1n) is 5.22. The molecule has 0 saturated carbocycles. The third kappa shape index (κ3) is 3.73. The minimum atomic E-state index is -4.57. The van der Waals surface area contributed by atoms with Gasteiger partial charge in [0, 0.05) is 33.8 Å². The standard InChI is InChI=1S/C10H15F3N4O/c1-14-7-6-8(17(2)4-5-18-3)16-9(15-7)10(11,12)13/h6H,4-5H2,1-3H3,(H,14,15,16). The summed E-state index contributed by atoms with van der Waals surface area (Å²) in [5, 5.41) is 2.58. The zero-order chi connectivity index (χ0) is 13.8. The van der Waals surface area contributed by atoms with Crippen LogP contribution < -0.4 is 10.2 Å². The summed E-state index contributed by atoms with van der Waals surface area (Å²) in [6, 6.07) is 1.45. The summed E-state index contributed by atoms with van der Waals surface area (Å²) in [6.45, 7) is 0.838. The van der Waals surface area contributed by atoms with Crippen LogP contribution in [0.3, 0.4) is 0 Å². The predicted molar refractivity (Wildman–Crippen MR) is 61.7 cm³/mol. The van der Waals surface area contributed by atoms with Crippen molar-refractivity contribution in [2.75, 3.05) is 44.6 Å². The molecule has 0 unspecified atom stereocenters. The second-order valence-electron chi connectivity index (χ2n) is 3.60. The first-order valence-corrected chi connectivity index (χ1v) is 5.22. The Balaban J connectivity index is 3.04. The van der Waals surface area contributed by atoms with Crippen molar-refractivity contribution in [1.82, 2.24) is 9.97 Å². The molecule has 0 bridgehead atoms. The van der Waals surface area contributed by atoms with E-state index in [1.165, 1.54) is 20.2 Å². The molecule has 1 heterocycles. The van der Waals surface area contributed by atoms with E-state index in [1.54, 1.807) is 11.9 Å². The van der Waals surface area contributed by atoms with Crippen LogP contribution >= 0.6 is 0 Å². The number of aromatic nitrogens is 2. The van der Waals surface area contributed by atoms with Crippen LogP contribution in [0.2, 0.25) is 0 Å². The fourth-order valence-corrected chi connectivity index (χ4v) is 1.23. The molecule has 18 heavy (non-hydrogen) atoms. The van der Waals surface area contributed by atoms with E-state index in [-0.39, 0.29) is 11.6 Å². The summed E-state index contributed by atoms with van der Waals surface area (Å²) in [6.07, 6.45) is -4.57. The van der Waals surface area contributed by atoms with Crippen LogP contribution in [0.4, 0.5) is 24.8 Å². The maximum Gasteiger partial charge on any atom is 0.451 e. The Hall–Kier alpha value is -1.57. The Morgan fingerprint density at radius 3 is 2.56 bits per heavy atom. The molecule has 0 spiro atoms. The van der Waals surface area contributed by atoms with Crippen molar-refractivity contribution >= 4 is 11.6 Å². The van der Waals surface area contributed by atoms with E-state index in [2.05, 4.69) is 15.3 Å². The van der Waals surface area contributed by atoms with Crippen molar-refractivity contribution in [3.8, 4) is 0 Å². The molecular weight excluding hydrogens is 249 g/mol. The molecule has 0 radical (unpaired) electrons. The van der Waals surface area contributed by atoms with Gasteiger partial charge in [-0.25, -0.2) is 9.97 Å². The highest BCUT2D eigenvalue weighted by Gasteiger charge is 2.35. The van der Waals surface area contributed by atoms with E-state index < -0.39 is 12.0 Å². The van der Waals surface area contributed by atoms with E-state index >= 15 is 0 Å². The zero-order valence-electron chi connectivity index (χ0n) is 10.4. The van der Waals surface area contributed by atoms with Crippen molar-refractivity contribution < 1.29 is 17.9 Å². The molecule has 8 heteroatoms. The molecule has 1 rings (SSSR count). The summed E-state index contributed by atoms with van der Waals surface area (Å²) in [7, 11) is 4.66. The Labute approximate surface area is 103 Å². The molecule has 0 amide bonds. The third-order valence-electron chi connectivity index (χ3n) is 2.24. The van der Waals surface area contributed by atoms with Gasteiger partial charge < -0.3 is 15.0 Å². The lowest BCUT2D eigenvalue weighted by atomic mass is 10.4. The minimum Gasteiger partial charge on any atom is -0.383 e. The number of anilines is 2. The lowest BCUT2D eigenvalue weighted by molar-refractivity contribution is -0.144. The zero-order valence-corrected chi connectivity index (χ0v) is 10.4. The molecule has 1 N–H and O–H groups in total. The quantitative estimate of drug-likeness (QED) is 0.875. The second kappa shape index (κ2) is 5.85. The van der Waals surface area contributed by atoms with Crippen LogP contribution in [0.15, 0.2) is 6.07 Å². The van der Waals surface area contributed by atoms with Crippen molar-refractivity contribution in [2.24, 2.45) is 0 Å². The molecule has 0 aliphatic heterocycles. The maximum atomic E-state index is 12.6. The number of nitrogens with zero attached hydrogens (tertiary/aromatic N) is 3. The summed E-state index contributed by atoms with van der Waals surface area (Å²) in [5.74, 6) is -0.844. The number of hydrogen-bond donors (Lipinski definition) is 1. The van der Waals surface area contributed by atoms with Gasteiger partial charge in [0.25, 0.3) is 0 Å². The number of halogens is 3. The largest absolute Gasteiger partial charge is 0.451 e. The molecular formula is C10H15F3N4O. The van der Waals surface area contributed by atoms with Crippen LogP contribution in [0.5, 0.6) is 0 Å². The molecule has 1 aromatic rings. The van der Waals surface area contributed by atoms with Crippen LogP contribution in [0, 0.1) is 0 Å². The third-order valence-corrected chi connectivity index (χ3v) is 2.24. The van der Waals surface area contributed by atoms with Gasteiger partial charge in [0.15, 0.2) is 0 Å². The lowest BCUT2D eigenvalue weighted by Gasteiger charge is -2.19. The number of hydrogen-bond acceptors (Lipinski definition) is 5. The van der Waals surface area contributed by atoms with E-state index in [9.17, 15) is 13.2 Å². The van der Waals surface area contributed by atoms with E-state index in [0.717, 1.165) is 0 Å². The highest BCUT2D eigenvalue weighted by Crippen LogP contribution is 2.28. The van der Waals surface area contributed by atoms with Crippen molar-refractivity contribution in [3.63, 3.8) is 0 Å². The van der Waals surface area contributed by atoms with Gasteiger partial charge in [0.05, 0.1) is 6.61 Å². The smallest absolute Gasteiger partial charge is 0.383 e. The number of ether oxygens (including phenoxy) is 1. The van der Waals surface area contributed by atoms with Gasteiger partial charge in [0.1, 0.15) is 11.6 Å². The maximum absolute atomic E-state index is 12.6. The van der Waals surface area contributed by atoms with Gasteiger partial charge in [-0.15, -0.1) is 0 Å². The summed E-state index contributed by atoms with van der Waals surface area (Å²) in [5.41, 5.74) is 0. The Morgan fingerprint density at radius 2 is 2.06 bits per heavy atom. The monoisotopic (exact) mass is 264 g/mol. The molecule has 1 aromatic heterocycles. The second-order valence-corrected chi connectivity index (χ2v) is 3.60. The number of likely N-dealkylation sites (N-methyl/N-ethyl adjacent to an activating group) is 1. The molecule has 0 aromatic carbocycles. The first kappa shape index (κ1) is 14.5. The van der Waals surface area contributed by atoms with E-state index in [1.807, 2.05) is 0 Å². The molecule has 0 aliphatic carbocycles. The van der Waals surface area contributed by atoms with Crippen LogP contribution in [-0.4, -0.2) is 44.3 Å². The van der Waals surface area contributed by atoms with Crippen LogP contribution in [0.25, 0.3) is 0 Å². The number of rotatable bonds is 5. The van der Waals surface area contributed by atoms with Crippen molar-refractivity contribution in [2.45, 2.75) is 6.18 Å². The van der Waals surface area contributed by atoms with Crippen LogP contribution in [0.1, 0.15) is 5.82 Å². The van der Waals surface area contributed by atoms with Gasteiger partial charge in [0.2, 0.25) is 5.82 Å². The summed E-state index contributed by atoms with van der Waals surface area (Å²) < 4.78 is 42.7. The predicted octanol–water partition coefficient (Wildman–Crippen LogP) is 1.62. The van der Waals surface area contributed by atoms with Crippen LogP contribution in [-0.2, 0) is 10.9 Å². The SMILES string of the molecule is CNc1cc(N(C)CCOC)nc(C(F)(F)F)n1. The normalized spacial score (nSPS) is 11.4. The molecule has 102 valence electrons. The highest BCUT2D eigenvalue weighted by atomic mass is 19.4. The summed E-state index contributed by atoms with van der Waals surface area (Å²) in [4.78, 5) is 8.45. The fraction of sp³-hybridized carbons (Fsp3) is 0.600. The number of nitrogens with one attached hydrogen (secondary N) is 1.